The molecule has 3 atom stereocenters. The SMILES string of the molecule is NC(c1ccccc1)C(O)[C@H]1CCCN1. The first-order chi connectivity index (χ1) is 7.29. The van der Waals surface area contributed by atoms with Crippen LogP contribution in [0.15, 0.2) is 30.3 Å². The lowest BCUT2D eigenvalue weighted by molar-refractivity contribution is 0.108. The maximum atomic E-state index is 10.1. The van der Waals surface area contributed by atoms with Crippen LogP contribution in [0.5, 0.6) is 0 Å². The molecule has 3 heteroatoms. The minimum Gasteiger partial charge on any atom is -0.390 e. The zero-order valence-corrected chi connectivity index (χ0v) is 8.76. The third-order valence-electron chi connectivity index (χ3n) is 3.06. The maximum absolute atomic E-state index is 10.1. The number of nitrogens with one attached hydrogen (secondary N) is 1. The van der Waals surface area contributed by atoms with Crippen LogP contribution in [0.2, 0.25) is 0 Å². The predicted molar refractivity (Wildman–Crippen MR) is 60.4 cm³/mol. The number of hydrogen-bond acceptors (Lipinski definition) is 3. The molecule has 1 fully saturated rings. The largest absolute Gasteiger partial charge is 0.390 e. The molecule has 1 aromatic rings. The van der Waals surface area contributed by atoms with Gasteiger partial charge in [0, 0.05) is 6.04 Å². The van der Waals surface area contributed by atoms with Crippen LogP contribution in [0.4, 0.5) is 0 Å². The van der Waals surface area contributed by atoms with Gasteiger partial charge in [-0.1, -0.05) is 30.3 Å². The van der Waals surface area contributed by atoms with Gasteiger partial charge in [-0.15, -0.1) is 0 Å². The highest BCUT2D eigenvalue weighted by Crippen LogP contribution is 2.20. The Morgan fingerprint density at radius 2 is 2.07 bits per heavy atom. The zero-order valence-electron chi connectivity index (χ0n) is 8.76. The van der Waals surface area contributed by atoms with Gasteiger partial charge >= 0.3 is 0 Å². The van der Waals surface area contributed by atoms with Gasteiger partial charge in [0.05, 0.1) is 12.1 Å². The van der Waals surface area contributed by atoms with Gasteiger partial charge in [-0.2, -0.15) is 0 Å². The van der Waals surface area contributed by atoms with Crippen molar-refractivity contribution < 1.29 is 5.11 Å². The Bertz CT molecular complexity index is 296. The van der Waals surface area contributed by atoms with Gasteiger partial charge in [0.25, 0.3) is 0 Å². The van der Waals surface area contributed by atoms with Crippen LogP contribution in [-0.2, 0) is 0 Å². The predicted octanol–water partition coefficient (Wildman–Crippen LogP) is 0.799. The Kier molecular flexibility index (Phi) is 3.36. The van der Waals surface area contributed by atoms with E-state index in [9.17, 15) is 5.11 Å². The van der Waals surface area contributed by atoms with E-state index >= 15 is 0 Å². The van der Waals surface area contributed by atoms with Gasteiger partial charge in [-0.05, 0) is 24.9 Å². The molecule has 2 rings (SSSR count). The maximum Gasteiger partial charge on any atom is 0.0885 e. The summed E-state index contributed by atoms with van der Waals surface area (Å²) in [6.45, 7) is 0.989. The summed E-state index contributed by atoms with van der Waals surface area (Å²) in [6, 6.07) is 9.64. The Balaban J connectivity index is 2.03. The van der Waals surface area contributed by atoms with E-state index in [0.29, 0.717) is 0 Å². The van der Waals surface area contributed by atoms with Crippen molar-refractivity contribution in [2.24, 2.45) is 5.73 Å². The van der Waals surface area contributed by atoms with E-state index in [1.165, 1.54) is 0 Å². The average molecular weight is 206 g/mol. The van der Waals surface area contributed by atoms with E-state index < -0.39 is 6.10 Å². The summed E-state index contributed by atoms with van der Waals surface area (Å²) in [6.07, 6.45) is 1.65. The summed E-state index contributed by atoms with van der Waals surface area (Å²) in [5.74, 6) is 0. The second kappa shape index (κ2) is 4.75. The Morgan fingerprint density at radius 1 is 1.33 bits per heavy atom. The number of aliphatic hydroxyl groups excluding tert-OH is 1. The summed E-state index contributed by atoms with van der Waals surface area (Å²) >= 11 is 0. The van der Waals surface area contributed by atoms with Crippen LogP contribution in [0.25, 0.3) is 0 Å². The molecule has 15 heavy (non-hydrogen) atoms. The molecule has 0 radical (unpaired) electrons. The van der Waals surface area contributed by atoms with E-state index in [2.05, 4.69) is 5.32 Å². The van der Waals surface area contributed by atoms with Gasteiger partial charge in [0.2, 0.25) is 0 Å². The number of benzene rings is 1. The molecule has 0 amide bonds. The summed E-state index contributed by atoms with van der Waals surface area (Å²) in [5, 5.41) is 13.4. The fourth-order valence-electron chi connectivity index (χ4n) is 2.13. The van der Waals surface area contributed by atoms with Gasteiger partial charge in [0.1, 0.15) is 0 Å². The summed E-state index contributed by atoms with van der Waals surface area (Å²) in [5.41, 5.74) is 7.03. The first-order valence-corrected chi connectivity index (χ1v) is 5.51. The molecule has 0 spiro atoms. The highest BCUT2D eigenvalue weighted by Gasteiger charge is 2.28. The Labute approximate surface area is 90.3 Å². The van der Waals surface area contributed by atoms with E-state index in [4.69, 9.17) is 5.73 Å². The number of hydrogen-bond donors (Lipinski definition) is 3. The van der Waals surface area contributed by atoms with Crippen LogP contribution in [0, 0.1) is 0 Å². The lowest BCUT2D eigenvalue weighted by Crippen LogP contribution is -2.42. The average Bonchev–Trinajstić information content (AvgIpc) is 2.82. The second-order valence-corrected chi connectivity index (χ2v) is 4.13. The molecule has 0 aliphatic carbocycles. The molecule has 1 aliphatic rings. The van der Waals surface area contributed by atoms with Crippen molar-refractivity contribution in [3.05, 3.63) is 35.9 Å². The second-order valence-electron chi connectivity index (χ2n) is 4.13. The molecule has 0 saturated carbocycles. The van der Waals surface area contributed by atoms with E-state index in [-0.39, 0.29) is 12.1 Å². The molecular formula is C12H18N2O. The molecule has 1 aromatic carbocycles. The fraction of sp³-hybridized carbons (Fsp3) is 0.500. The minimum atomic E-state index is -0.491. The van der Waals surface area contributed by atoms with Crippen molar-refractivity contribution in [3.63, 3.8) is 0 Å². The standard InChI is InChI=1S/C12H18N2O/c13-11(9-5-2-1-3-6-9)12(15)10-7-4-8-14-10/h1-3,5-6,10-12,14-15H,4,7-8,13H2/t10-,11?,12?/m1/s1. The smallest absolute Gasteiger partial charge is 0.0885 e. The number of aliphatic hydroxyl groups is 1. The normalized spacial score (nSPS) is 25.1. The van der Waals surface area contributed by atoms with E-state index in [1.807, 2.05) is 30.3 Å². The van der Waals surface area contributed by atoms with E-state index in [0.717, 1.165) is 24.9 Å². The van der Waals surface area contributed by atoms with Crippen LogP contribution in [0.1, 0.15) is 24.4 Å². The molecule has 82 valence electrons. The van der Waals surface area contributed by atoms with Crippen molar-refractivity contribution in [2.45, 2.75) is 31.0 Å². The van der Waals surface area contributed by atoms with Crippen molar-refractivity contribution >= 4 is 0 Å². The van der Waals surface area contributed by atoms with Crippen molar-refractivity contribution in [2.75, 3.05) is 6.54 Å². The highest BCUT2D eigenvalue weighted by atomic mass is 16.3. The quantitative estimate of drug-likeness (QED) is 0.685. The van der Waals surface area contributed by atoms with Crippen LogP contribution in [-0.4, -0.2) is 23.8 Å². The minimum absolute atomic E-state index is 0.153. The molecule has 1 aliphatic heterocycles. The first-order valence-electron chi connectivity index (χ1n) is 5.51. The van der Waals surface area contributed by atoms with Gasteiger partial charge in [0.15, 0.2) is 0 Å². The lowest BCUT2D eigenvalue weighted by atomic mass is 9.96. The molecule has 1 heterocycles. The summed E-state index contributed by atoms with van der Waals surface area (Å²) in [4.78, 5) is 0. The van der Waals surface area contributed by atoms with Crippen molar-refractivity contribution in [1.29, 1.82) is 0 Å². The Hall–Kier alpha value is -0.900. The summed E-state index contributed by atoms with van der Waals surface area (Å²) < 4.78 is 0. The zero-order chi connectivity index (χ0) is 10.7. The van der Waals surface area contributed by atoms with Crippen molar-refractivity contribution in [3.8, 4) is 0 Å². The highest BCUT2D eigenvalue weighted by molar-refractivity contribution is 5.20. The van der Waals surface area contributed by atoms with Crippen molar-refractivity contribution in [1.82, 2.24) is 5.32 Å². The van der Waals surface area contributed by atoms with Crippen LogP contribution in [0.3, 0.4) is 0 Å². The monoisotopic (exact) mass is 206 g/mol. The topological polar surface area (TPSA) is 58.3 Å². The van der Waals surface area contributed by atoms with Crippen LogP contribution >= 0.6 is 0 Å². The first kappa shape index (κ1) is 10.6. The molecule has 2 unspecified atom stereocenters. The fourth-order valence-corrected chi connectivity index (χ4v) is 2.13. The van der Waals surface area contributed by atoms with Gasteiger partial charge < -0.3 is 16.2 Å². The third kappa shape index (κ3) is 2.37. The van der Waals surface area contributed by atoms with Gasteiger partial charge in [-0.3, -0.25) is 0 Å². The molecule has 0 aromatic heterocycles. The number of nitrogens with two attached hydrogens (primary N) is 1. The molecule has 4 N–H and O–H groups in total. The third-order valence-corrected chi connectivity index (χ3v) is 3.06. The molecule has 0 bridgehead atoms. The Morgan fingerprint density at radius 3 is 2.67 bits per heavy atom. The summed E-state index contributed by atoms with van der Waals surface area (Å²) in [7, 11) is 0. The van der Waals surface area contributed by atoms with Gasteiger partial charge in [-0.25, -0.2) is 0 Å². The molecule has 1 saturated heterocycles. The lowest BCUT2D eigenvalue weighted by Gasteiger charge is -2.24. The number of rotatable bonds is 3. The van der Waals surface area contributed by atoms with E-state index in [1.54, 1.807) is 0 Å². The molecule has 3 nitrogen and oxygen atoms in total. The molecular weight excluding hydrogens is 188 g/mol. The van der Waals surface area contributed by atoms with Crippen LogP contribution < -0.4 is 11.1 Å².